The summed E-state index contributed by atoms with van der Waals surface area (Å²) in [6, 6.07) is 17.0. The maximum absolute atomic E-state index is 13.8. The lowest BCUT2D eigenvalue weighted by atomic mass is 10.1. The van der Waals surface area contributed by atoms with Crippen LogP contribution in [-0.4, -0.2) is 5.91 Å². The smallest absolute Gasteiger partial charge is 0.255 e. The molecule has 0 aliphatic rings. The van der Waals surface area contributed by atoms with Gasteiger partial charge in [0.25, 0.3) is 5.91 Å². The first-order valence-electron chi connectivity index (χ1n) is 8.66. The van der Waals surface area contributed by atoms with Crippen molar-refractivity contribution >= 4 is 17.5 Å². The maximum Gasteiger partial charge on any atom is 0.255 e. The van der Waals surface area contributed by atoms with Gasteiger partial charge in [0, 0.05) is 10.6 Å². The van der Waals surface area contributed by atoms with Crippen molar-refractivity contribution in [3.8, 4) is 5.75 Å². The quantitative estimate of drug-likeness (QED) is 0.576. The Hall–Kier alpha value is -2.92. The molecule has 3 rings (SSSR count). The summed E-state index contributed by atoms with van der Waals surface area (Å²) in [5.41, 5.74) is 1.22. The number of benzene rings is 3. The molecule has 3 nitrogen and oxygen atoms in total. The van der Waals surface area contributed by atoms with Crippen LogP contribution < -0.4 is 10.1 Å². The van der Waals surface area contributed by atoms with Crippen LogP contribution in [-0.2, 0) is 6.61 Å². The minimum absolute atomic E-state index is 0.0546. The molecule has 0 radical (unpaired) electrons. The molecule has 0 heterocycles. The van der Waals surface area contributed by atoms with E-state index >= 15 is 0 Å². The lowest BCUT2D eigenvalue weighted by Gasteiger charge is -2.17. The zero-order valence-electron chi connectivity index (χ0n) is 15.1. The van der Waals surface area contributed by atoms with Gasteiger partial charge in [0.2, 0.25) is 0 Å². The van der Waals surface area contributed by atoms with E-state index in [9.17, 15) is 13.6 Å². The zero-order valence-corrected chi connectivity index (χ0v) is 15.8. The van der Waals surface area contributed by atoms with E-state index in [1.54, 1.807) is 6.07 Å². The van der Waals surface area contributed by atoms with Crippen molar-refractivity contribution in [3.05, 3.63) is 100 Å². The van der Waals surface area contributed by atoms with E-state index in [1.165, 1.54) is 12.1 Å². The highest BCUT2D eigenvalue weighted by Crippen LogP contribution is 2.25. The summed E-state index contributed by atoms with van der Waals surface area (Å²) in [7, 11) is 0. The molecular formula is C22H18ClF2NO2. The van der Waals surface area contributed by atoms with Crippen molar-refractivity contribution in [1.29, 1.82) is 0 Å². The third-order valence-electron chi connectivity index (χ3n) is 4.22. The van der Waals surface area contributed by atoms with E-state index in [-0.39, 0.29) is 35.4 Å². The molecule has 1 N–H and O–H groups in total. The molecule has 0 unspecified atom stereocenters. The Bertz CT molecular complexity index is 980. The summed E-state index contributed by atoms with van der Waals surface area (Å²) >= 11 is 6.03. The van der Waals surface area contributed by atoms with Crippen LogP contribution in [0.4, 0.5) is 8.78 Å². The Labute approximate surface area is 166 Å². The molecule has 0 saturated heterocycles. The van der Waals surface area contributed by atoms with Gasteiger partial charge in [-0.05, 0) is 48.9 Å². The standard InChI is InChI=1S/C22H18ClF2NO2/c1-14(15-5-3-2-4-6-15)26-22(27)19-12-17(23)7-10-21(19)28-13-16-11-18(24)8-9-20(16)25/h2-12,14H,13H2,1H3,(H,26,27)/t14-/m0/s1. The summed E-state index contributed by atoms with van der Waals surface area (Å²) in [4.78, 5) is 12.8. The number of hydrogen-bond donors (Lipinski definition) is 1. The highest BCUT2D eigenvalue weighted by Gasteiger charge is 2.17. The molecular weight excluding hydrogens is 384 g/mol. The molecule has 0 spiro atoms. The molecule has 0 aliphatic carbocycles. The molecule has 0 bridgehead atoms. The predicted octanol–water partition coefficient (Wildman–Crippen LogP) is 5.69. The average molecular weight is 402 g/mol. The van der Waals surface area contributed by atoms with Gasteiger partial charge < -0.3 is 10.1 Å². The van der Waals surface area contributed by atoms with Gasteiger partial charge in [-0.1, -0.05) is 41.9 Å². The van der Waals surface area contributed by atoms with Crippen molar-refractivity contribution in [1.82, 2.24) is 5.32 Å². The Kier molecular flexibility index (Phi) is 6.26. The third kappa shape index (κ3) is 4.87. The molecule has 144 valence electrons. The van der Waals surface area contributed by atoms with Gasteiger partial charge in [-0.15, -0.1) is 0 Å². The zero-order chi connectivity index (χ0) is 20.1. The van der Waals surface area contributed by atoms with Crippen LogP contribution in [0.5, 0.6) is 5.75 Å². The van der Waals surface area contributed by atoms with Gasteiger partial charge in [-0.2, -0.15) is 0 Å². The number of hydrogen-bond acceptors (Lipinski definition) is 2. The fourth-order valence-corrected chi connectivity index (χ4v) is 2.89. The Morgan fingerprint density at radius 3 is 2.57 bits per heavy atom. The van der Waals surface area contributed by atoms with Gasteiger partial charge in [0.05, 0.1) is 11.6 Å². The third-order valence-corrected chi connectivity index (χ3v) is 4.46. The molecule has 28 heavy (non-hydrogen) atoms. The van der Waals surface area contributed by atoms with Gasteiger partial charge >= 0.3 is 0 Å². The number of halogens is 3. The van der Waals surface area contributed by atoms with Gasteiger partial charge in [0.15, 0.2) is 0 Å². The van der Waals surface area contributed by atoms with Crippen LogP contribution in [0.1, 0.15) is 34.5 Å². The Morgan fingerprint density at radius 1 is 1.07 bits per heavy atom. The monoisotopic (exact) mass is 401 g/mol. The molecule has 0 fully saturated rings. The molecule has 6 heteroatoms. The van der Waals surface area contributed by atoms with Crippen molar-refractivity contribution in [2.75, 3.05) is 0 Å². The average Bonchev–Trinajstić information content (AvgIpc) is 2.70. The second kappa shape index (κ2) is 8.85. The number of rotatable bonds is 6. The molecule has 0 aromatic heterocycles. The summed E-state index contributed by atoms with van der Waals surface area (Å²) in [5.74, 6) is -1.30. The maximum atomic E-state index is 13.8. The Morgan fingerprint density at radius 2 is 1.82 bits per heavy atom. The summed E-state index contributed by atoms with van der Waals surface area (Å²) in [5, 5.41) is 3.25. The van der Waals surface area contributed by atoms with E-state index in [0.717, 1.165) is 23.8 Å². The van der Waals surface area contributed by atoms with E-state index < -0.39 is 11.6 Å². The highest BCUT2D eigenvalue weighted by atomic mass is 35.5. The lowest BCUT2D eigenvalue weighted by molar-refractivity contribution is 0.0935. The predicted molar refractivity (Wildman–Crippen MR) is 104 cm³/mol. The van der Waals surface area contributed by atoms with E-state index in [2.05, 4.69) is 5.32 Å². The van der Waals surface area contributed by atoms with Crippen molar-refractivity contribution < 1.29 is 18.3 Å². The molecule has 3 aromatic rings. The van der Waals surface area contributed by atoms with Gasteiger partial charge in [-0.25, -0.2) is 8.78 Å². The highest BCUT2D eigenvalue weighted by molar-refractivity contribution is 6.31. The second-order valence-electron chi connectivity index (χ2n) is 6.27. The number of carbonyl (C=O) groups excluding carboxylic acids is 1. The molecule has 0 aliphatic heterocycles. The van der Waals surface area contributed by atoms with Gasteiger partial charge in [0.1, 0.15) is 24.0 Å². The van der Waals surface area contributed by atoms with Crippen LogP contribution in [0, 0.1) is 11.6 Å². The minimum atomic E-state index is -0.584. The number of nitrogens with one attached hydrogen (secondary N) is 1. The fourth-order valence-electron chi connectivity index (χ4n) is 2.71. The Balaban J connectivity index is 1.78. The van der Waals surface area contributed by atoms with Crippen molar-refractivity contribution in [3.63, 3.8) is 0 Å². The fraction of sp³-hybridized carbons (Fsp3) is 0.136. The van der Waals surface area contributed by atoms with Crippen LogP contribution >= 0.6 is 11.6 Å². The summed E-state index contributed by atoms with van der Waals surface area (Å²) < 4.78 is 32.7. The van der Waals surface area contributed by atoms with Crippen LogP contribution in [0.2, 0.25) is 5.02 Å². The molecule has 0 saturated carbocycles. The topological polar surface area (TPSA) is 38.3 Å². The minimum Gasteiger partial charge on any atom is -0.488 e. The summed E-state index contributed by atoms with van der Waals surface area (Å²) in [6.45, 7) is 1.64. The van der Waals surface area contributed by atoms with Crippen molar-refractivity contribution in [2.45, 2.75) is 19.6 Å². The van der Waals surface area contributed by atoms with Crippen molar-refractivity contribution in [2.24, 2.45) is 0 Å². The summed E-state index contributed by atoms with van der Waals surface area (Å²) in [6.07, 6.45) is 0. The number of ether oxygens (including phenoxy) is 1. The van der Waals surface area contributed by atoms with Crippen LogP contribution in [0.15, 0.2) is 66.7 Å². The van der Waals surface area contributed by atoms with E-state index in [1.807, 2.05) is 37.3 Å². The first kappa shape index (κ1) is 19.8. The van der Waals surface area contributed by atoms with Crippen LogP contribution in [0.25, 0.3) is 0 Å². The molecule has 1 atom stereocenters. The van der Waals surface area contributed by atoms with Gasteiger partial charge in [-0.3, -0.25) is 4.79 Å². The SMILES string of the molecule is C[C@H](NC(=O)c1cc(Cl)ccc1OCc1cc(F)ccc1F)c1ccccc1. The van der Waals surface area contributed by atoms with E-state index in [4.69, 9.17) is 16.3 Å². The number of amides is 1. The first-order valence-corrected chi connectivity index (χ1v) is 9.04. The normalized spacial score (nSPS) is 11.7. The van der Waals surface area contributed by atoms with E-state index in [0.29, 0.717) is 5.02 Å². The largest absolute Gasteiger partial charge is 0.488 e. The molecule has 3 aromatic carbocycles. The molecule has 1 amide bonds. The lowest BCUT2D eigenvalue weighted by Crippen LogP contribution is -2.27. The first-order chi connectivity index (χ1) is 13.4. The second-order valence-corrected chi connectivity index (χ2v) is 6.71. The number of carbonyl (C=O) groups is 1. The van der Waals surface area contributed by atoms with Crippen LogP contribution in [0.3, 0.4) is 0 Å².